The highest BCUT2D eigenvalue weighted by atomic mass is 127. The van der Waals surface area contributed by atoms with Crippen LogP contribution in [0.15, 0.2) is 41.7 Å². The Kier molecular flexibility index (Phi) is 9.60. The molecule has 0 spiro atoms. The number of nitrogens with one attached hydrogen (secondary N) is 1. The quantitative estimate of drug-likeness (QED) is 0.321. The van der Waals surface area contributed by atoms with Crippen LogP contribution in [0.3, 0.4) is 0 Å². The highest BCUT2D eigenvalue weighted by Gasteiger charge is 2.28. The molecule has 1 saturated heterocycles. The molecule has 1 aromatic carbocycles. The van der Waals surface area contributed by atoms with Gasteiger partial charge in [-0.3, -0.25) is 4.68 Å². The summed E-state index contributed by atoms with van der Waals surface area (Å²) in [5.41, 5.74) is 2.95. The number of aromatic nitrogens is 2. The number of ether oxygens (including phenoxy) is 1. The summed E-state index contributed by atoms with van der Waals surface area (Å²) in [5.74, 6) is 1.32. The van der Waals surface area contributed by atoms with E-state index in [2.05, 4.69) is 21.5 Å². The SMILES string of the molecule is CCNC(=NCc1ccc(COCC(F)(F)F)cc1)N1CCC(c2cnn(C)c2)C1.I. The summed E-state index contributed by atoms with van der Waals surface area (Å²) >= 11 is 0. The van der Waals surface area contributed by atoms with E-state index in [0.29, 0.717) is 18.0 Å². The summed E-state index contributed by atoms with van der Waals surface area (Å²) in [5, 5.41) is 7.62. The van der Waals surface area contributed by atoms with Crippen LogP contribution < -0.4 is 5.32 Å². The molecule has 172 valence electrons. The predicted octanol–water partition coefficient (Wildman–Crippen LogP) is 4.07. The summed E-state index contributed by atoms with van der Waals surface area (Å²) in [4.78, 5) is 7.02. The maximum atomic E-state index is 12.2. The molecular formula is C21H29F3IN5O. The zero-order valence-electron chi connectivity index (χ0n) is 17.7. The third-order valence-electron chi connectivity index (χ3n) is 4.99. The zero-order valence-corrected chi connectivity index (χ0v) is 20.1. The lowest BCUT2D eigenvalue weighted by molar-refractivity contribution is -0.176. The smallest absolute Gasteiger partial charge is 0.367 e. The maximum Gasteiger partial charge on any atom is 0.411 e. The van der Waals surface area contributed by atoms with E-state index in [4.69, 9.17) is 9.73 Å². The van der Waals surface area contributed by atoms with Crippen molar-refractivity contribution >= 4 is 29.9 Å². The van der Waals surface area contributed by atoms with E-state index in [1.165, 1.54) is 5.56 Å². The van der Waals surface area contributed by atoms with Crippen LogP contribution in [0.1, 0.15) is 36.0 Å². The fourth-order valence-corrected chi connectivity index (χ4v) is 3.49. The van der Waals surface area contributed by atoms with E-state index in [9.17, 15) is 13.2 Å². The molecule has 1 unspecified atom stereocenters. The minimum absolute atomic E-state index is 0. The highest BCUT2D eigenvalue weighted by Crippen LogP contribution is 2.26. The minimum atomic E-state index is -4.30. The molecule has 0 radical (unpaired) electrons. The highest BCUT2D eigenvalue weighted by molar-refractivity contribution is 14.0. The van der Waals surface area contributed by atoms with Crippen molar-refractivity contribution in [2.75, 3.05) is 26.2 Å². The molecule has 31 heavy (non-hydrogen) atoms. The standard InChI is InChI=1S/C21H28F3N5O.HI/c1-3-25-20(29-9-8-18(13-29)19-11-27-28(2)12-19)26-10-16-4-6-17(7-5-16)14-30-15-21(22,23)24;/h4-7,11-12,18H,3,8-10,13-15H2,1-2H3,(H,25,26);1H. The van der Waals surface area contributed by atoms with E-state index in [0.717, 1.165) is 37.6 Å². The molecular weight excluding hydrogens is 522 g/mol. The lowest BCUT2D eigenvalue weighted by Gasteiger charge is -2.21. The van der Waals surface area contributed by atoms with Gasteiger partial charge in [-0.25, -0.2) is 4.99 Å². The summed E-state index contributed by atoms with van der Waals surface area (Å²) in [6.07, 6.45) is 0.752. The van der Waals surface area contributed by atoms with Crippen LogP contribution in [-0.2, 0) is 24.9 Å². The molecule has 1 aliphatic rings. The second-order valence-corrected chi connectivity index (χ2v) is 7.47. The van der Waals surface area contributed by atoms with Crippen LogP contribution >= 0.6 is 24.0 Å². The van der Waals surface area contributed by atoms with Gasteiger partial charge in [-0.05, 0) is 30.0 Å². The number of guanidine groups is 1. The molecule has 6 nitrogen and oxygen atoms in total. The van der Waals surface area contributed by atoms with Gasteiger partial charge in [-0.1, -0.05) is 24.3 Å². The van der Waals surface area contributed by atoms with Gasteiger partial charge in [-0.15, -0.1) is 24.0 Å². The lowest BCUT2D eigenvalue weighted by Crippen LogP contribution is -2.40. The Bertz CT molecular complexity index is 838. The minimum Gasteiger partial charge on any atom is -0.367 e. The first-order valence-corrected chi connectivity index (χ1v) is 10.1. The number of alkyl halides is 3. The number of hydrogen-bond donors (Lipinski definition) is 1. The number of halogens is 4. The summed E-state index contributed by atoms with van der Waals surface area (Å²) in [7, 11) is 1.93. The van der Waals surface area contributed by atoms with Crippen LogP contribution in [-0.4, -0.2) is 53.1 Å². The monoisotopic (exact) mass is 551 g/mol. The molecule has 1 aliphatic heterocycles. The van der Waals surface area contributed by atoms with Crippen molar-refractivity contribution in [3.8, 4) is 0 Å². The fourth-order valence-electron chi connectivity index (χ4n) is 3.49. The van der Waals surface area contributed by atoms with E-state index >= 15 is 0 Å². The Morgan fingerprint density at radius 1 is 1.26 bits per heavy atom. The fraction of sp³-hybridized carbons (Fsp3) is 0.524. The number of aryl methyl sites for hydroxylation is 1. The van der Waals surface area contributed by atoms with Crippen LogP contribution in [0, 0.1) is 0 Å². The van der Waals surface area contributed by atoms with Crippen molar-refractivity contribution in [1.29, 1.82) is 0 Å². The van der Waals surface area contributed by atoms with Gasteiger partial charge in [-0.2, -0.15) is 18.3 Å². The Morgan fingerprint density at radius 2 is 1.97 bits per heavy atom. The number of nitrogens with zero attached hydrogens (tertiary/aromatic N) is 4. The normalized spacial score (nSPS) is 17.0. The van der Waals surface area contributed by atoms with E-state index < -0.39 is 12.8 Å². The molecule has 0 aliphatic carbocycles. The first-order chi connectivity index (χ1) is 14.3. The lowest BCUT2D eigenvalue weighted by atomic mass is 10.0. The average molecular weight is 551 g/mol. The van der Waals surface area contributed by atoms with Gasteiger partial charge in [0.15, 0.2) is 5.96 Å². The van der Waals surface area contributed by atoms with Gasteiger partial charge in [0.2, 0.25) is 0 Å². The first-order valence-electron chi connectivity index (χ1n) is 10.1. The molecule has 1 N–H and O–H groups in total. The number of likely N-dealkylation sites (tertiary alicyclic amines) is 1. The predicted molar refractivity (Wildman–Crippen MR) is 125 cm³/mol. The number of benzene rings is 1. The van der Waals surface area contributed by atoms with Crippen molar-refractivity contribution in [3.63, 3.8) is 0 Å². The summed E-state index contributed by atoms with van der Waals surface area (Å²) in [6, 6.07) is 7.31. The van der Waals surface area contributed by atoms with Gasteiger partial charge in [0.1, 0.15) is 6.61 Å². The van der Waals surface area contributed by atoms with Crippen molar-refractivity contribution in [2.24, 2.45) is 12.0 Å². The molecule has 0 amide bonds. The van der Waals surface area contributed by atoms with E-state index in [1.54, 1.807) is 12.1 Å². The Hall–Kier alpha value is -1.82. The molecule has 0 saturated carbocycles. The molecule has 2 heterocycles. The molecule has 1 atom stereocenters. The molecule has 0 bridgehead atoms. The van der Waals surface area contributed by atoms with Crippen molar-refractivity contribution in [1.82, 2.24) is 20.0 Å². The van der Waals surface area contributed by atoms with Crippen molar-refractivity contribution in [3.05, 3.63) is 53.3 Å². The Morgan fingerprint density at radius 3 is 2.58 bits per heavy atom. The molecule has 10 heteroatoms. The molecule has 1 fully saturated rings. The van der Waals surface area contributed by atoms with Gasteiger partial charge in [0.05, 0.1) is 19.3 Å². The van der Waals surface area contributed by atoms with Crippen LogP contribution in [0.5, 0.6) is 0 Å². The van der Waals surface area contributed by atoms with Crippen molar-refractivity contribution < 1.29 is 17.9 Å². The second-order valence-electron chi connectivity index (χ2n) is 7.47. The Labute approximate surface area is 197 Å². The van der Waals surface area contributed by atoms with Gasteiger partial charge >= 0.3 is 6.18 Å². The molecule has 1 aromatic heterocycles. The maximum absolute atomic E-state index is 12.2. The second kappa shape index (κ2) is 11.7. The van der Waals surface area contributed by atoms with Crippen LogP contribution in [0.25, 0.3) is 0 Å². The number of hydrogen-bond acceptors (Lipinski definition) is 3. The average Bonchev–Trinajstić information content (AvgIpc) is 3.34. The third-order valence-corrected chi connectivity index (χ3v) is 4.99. The Balaban J connectivity index is 0.00000341. The summed E-state index contributed by atoms with van der Waals surface area (Å²) < 4.78 is 43.0. The van der Waals surface area contributed by atoms with E-state index in [-0.39, 0.29) is 30.6 Å². The van der Waals surface area contributed by atoms with Gasteiger partial charge < -0.3 is 15.0 Å². The first kappa shape index (κ1) is 25.4. The number of aliphatic imine (C=N–C) groups is 1. The largest absolute Gasteiger partial charge is 0.411 e. The topological polar surface area (TPSA) is 54.7 Å². The van der Waals surface area contributed by atoms with Crippen LogP contribution in [0.2, 0.25) is 0 Å². The third kappa shape index (κ3) is 7.99. The van der Waals surface area contributed by atoms with Crippen LogP contribution in [0.4, 0.5) is 13.2 Å². The molecule has 2 aromatic rings. The van der Waals surface area contributed by atoms with Crippen molar-refractivity contribution in [2.45, 2.75) is 38.6 Å². The van der Waals surface area contributed by atoms with Gasteiger partial charge in [0, 0.05) is 38.8 Å². The van der Waals surface area contributed by atoms with E-state index in [1.807, 2.05) is 37.0 Å². The summed E-state index contributed by atoms with van der Waals surface area (Å²) in [6.45, 7) is 3.85. The zero-order chi connectivity index (χ0) is 21.6. The molecule has 3 rings (SSSR count). The number of rotatable bonds is 7. The van der Waals surface area contributed by atoms with Gasteiger partial charge in [0.25, 0.3) is 0 Å².